The summed E-state index contributed by atoms with van der Waals surface area (Å²) < 4.78 is 0. The van der Waals surface area contributed by atoms with E-state index in [2.05, 4.69) is 198 Å². The number of rotatable bonds is 4. The molecule has 0 spiro atoms. The highest BCUT2D eigenvalue weighted by atomic mass is 14.9. The zero-order valence-corrected chi connectivity index (χ0v) is 32.1. The van der Waals surface area contributed by atoms with Crippen LogP contribution in [0.25, 0.3) is 88.8 Å². The lowest BCUT2D eigenvalue weighted by atomic mass is 9.79. The fraction of sp³-hybridized carbons (Fsp3) is 0.111. The molecule has 2 aliphatic carbocycles. The molecule has 266 valence electrons. The highest BCUT2D eigenvalue weighted by Gasteiger charge is 2.41. The Bertz CT molecular complexity index is 3090. The number of fused-ring (bicyclic) bond motifs is 8. The predicted octanol–water partition coefficient (Wildman–Crippen LogP) is 14.1. The average molecular weight is 717 g/mol. The van der Waals surface area contributed by atoms with Gasteiger partial charge < -0.3 is 0 Å². The van der Waals surface area contributed by atoms with Crippen molar-refractivity contribution in [3.63, 3.8) is 0 Å². The van der Waals surface area contributed by atoms with E-state index in [0.29, 0.717) is 0 Å². The Morgan fingerprint density at radius 3 is 1.73 bits per heavy atom. The van der Waals surface area contributed by atoms with Crippen LogP contribution in [0, 0.1) is 0 Å². The van der Waals surface area contributed by atoms with E-state index in [0.717, 1.165) is 39.5 Å². The second-order valence-electron chi connectivity index (χ2n) is 16.6. The zero-order chi connectivity index (χ0) is 37.8. The molecule has 0 unspecified atom stereocenters. The van der Waals surface area contributed by atoms with Crippen molar-refractivity contribution in [1.29, 1.82) is 0 Å². The third-order valence-corrected chi connectivity index (χ3v) is 12.7. The van der Waals surface area contributed by atoms with Gasteiger partial charge in [-0.25, -0.2) is 9.97 Å². The summed E-state index contributed by atoms with van der Waals surface area (Å²) in [5.41, 5.74) is 18.0. The first kappa shape index (κ1) is 32.8. The molecule has 56 heavy (non-hydrogen) atoms. The van der Waals surface area contributed by atoms with Crippen molar-refractivity contribution in [2.75, 3.05) is 0 Å². The minimum atomic E-state index is -0.193. The van der Waals surface area contributed by atoms with Crippen LogP contribution in [0.5, 0.6) is 0 Å². The first-order valence-electron chi connectivity index (χ1n) is 19.6. The van der Waals surface area contributed by atoms with Crippen LogP contribution in [0.1, 0.15) is 49.9 Å². The molecular formula is C54H40N2. The summed E-state index contributed by atoms with van der Waals surface area (Å²) in [4.78, 5) is 10.7. The molecule has 0 aliphatic heterocycles. The Kier molecular flexibility index (Phi) is 6.98. The SMILES string of the molecule is CC1(C)c2ccccc2-c2cc3c(cc21)-c1ccc(-c2nc(-c4cccc(-c5ccc6ccccc6c5)c4)cc(-c4cccc5ccccc45)n2)cc1C3(C)C. The van der Waals surface area contributed by atoms with Crippen molar-refractivity contribution in [2.45, 2.75) is 38.5 Å². The maximum atomic E-state index is 5.37. The van der Waals surface area contributed by atoms with Gasteiger partial charge >= 0.3 is 0 Å². The molecule has 0 bridgehead atoms. The van der Waals surface area contributed by atoms with Gasteiger partial charge in [-0.2, -0.15) is 0 Å². The van der Waals surface area contributed by atoms with Crippen molar-refractivity contribution in [3.05, 3.63) is 192 Å². The van der Waals surface area contributed by atoms with Crippen LogP contribution in [0.3, 0.4) is 0 Å². The van der Waals surface area contributed by atoms with E-state index in [1.807, 2.05) is 0 Å². The molecule has 11 rings (SSSR count). The molecular weight excluding hydrogens is 677 g/mol. The van der Waals surface area contributed by atoms with Crippen LogP contribution in [-0.2, 0) is 10.8 Å². The zero-order valence-electron chi connectivity index (χ0n) is 32.1. The Morgan fingerprint density at radius 1 is 0.321 bits per heavy atom. The van der Waals surface area contributed by atoms with Gasteiger partial charge in [0.2, 0.25) is 0 Å². The van der Waals surface area contributed by atoms with E-state index >= 15 is 0 Å². The summed E-state index contributed by atoms with van der Waals surface area (Å²) in [6.45, 7) is 9.47. The molecule has 0 saturated heterocycles. The molecule has 2 nitrogen and oxygen atoms in total. The first-order chi connectivity index (χ1) is 27.2. The van der Waals surface area contributed by atoms with Gasteiger partial charge in [0.15, 0.2) is 5.82 Å². The van der Waals surface area contributed by atoms with Crippen LogP contribution in [-0.4, -0.2) is 9.97 Å². The fourth-order valence-electron chi connectivity index (χ4n) is 9.61. The van der Waals surface area contributed by atoms with E-state index in [4.69, 9.17) is 9.97 Å². The maximum Gasteiger partial charge on any atom is 0.160 e. The van der Waals surface area contributed by atoms with Crippen molar-refractivity contribution >= 4 is 21.5 Å². The Morgan fingerprint density at radius 2 is 0.893 bits per heavy atom. The topological polar surface area (TPSA) is 25.8 Å². The summed E-state index contributed by atoms with van der Waals surface area (Å²) in [7, 11) is 0. The van der Waals surface area contributed by atoms with Gasteiger partial charge in [-0.05, 0) is 114 Å². The minimum absolute atomic E-state index is 0.0499. The van der Waals surface area contributed by atoms with Crippen LogP contribution in [0.15, 0.2) is 170 Å². The van der Waals surface area contributed by atoms with Crippen molar-refractivity contribution in [3.8, 4) is 67.3 Å². The van der Waals surface area contributed by atoms with Gasteiger partial charge in [0.25, 0.3) is 0 Å². The molecule has 0 N–H and O–H groups in total. The smallest absolute Gasteiger partial charge is 0.160 e. The Hall–Kier alpha value is -6.64. The van der Waals surface area contributed by atoms with Crippen LogP contribution < -0.4 is 0 Å². The van der Waals surface area contributed by atoms with E-state index in [1.165, 1.54) is 71.6 Å². The van der Waals surface area contributed by atoms with Crippen molar-refractivity contribution < 1.29 is 0 Å². The van der Waals surface area contributed by atoms with Crippen LogP contribution >= 0.6 is 0 Å². The summed E-state index contributed by atoms with van der Waals surface area (Å²) in [5.74, 6) is 0.730. The van der Waals surface area contributed by atoms with Crippen LogP contribution in [0.4, 0.5) is 0 Å². The highest BCUT2D eigenvalue weighted by molar-refractivity contribution is 5.97. The fourth-order valence-corrected chi connectivity index (χ4v) is 9.61. The Balaban J connectivity index is 1.07. The van der Waals surface area contributed by atoms with Gasteiger partial charge in [-0.15, -0.1) is 0 Å². The van der Waals surface area contributed by atoms with E-state index in [-0.39, 0.29) is 10.8 Å². The van der Waals surface area contributed by atoms with Gasteiger partial charge in [-0.3, -0.25) is 0 Å². The summed E-state index contributed by atoms with van der Waals surface area (Å²) >= 11 is 0. The molecule has 8 aromatic carbocycles. The number of hydrogen-bond acceptors (Lipinski definition) is 2. The lowest BCUT2D eigenvalue weighted by Crippen LogP contribution is -2.17. The molecule has 1 heterocycles. The monoisotopic (exact) mass is 716 g/mol. The van der Waals surface area contributed by atoms with Crippen molar-refractivity contribution in [2.24, 2.45) is 0 Å². The first-order valence-corrected chi connectivity index (χ1v) is 19.6. The molecule has 1 aromatic heterocycles. The van der Waals surface area contributed by atoms with E-state index in [1.54, 1.807) is 0 Å². The second kappa shape index (κ2) is 11.9. The van der Waals surface area contributed by atoms with E-state index in [9.17, 15) is 0 Å². The molecule has 2 heteroatoms. The molecule has 2 aliphatic rings. The predicted molar refractivity (Wildman–Crippen MR) is 234 cm³/mol. The average Bonchev–Trinajstić information content (AvgIpc) is 3.61. The van der Waals surface area contributed by atoms with Crippen LogP contribution in [0.2, 0.25) is 0 Å². The molecule has 0 amide bonds. The quantitative estimate of drug-likeness (QED) is 0.181. The highest BCUT2D eigenvalue weighted by Crippen LogP contribution is 2.56. The molecule has 0 atom stereocenters. The normalized spacial score (nSPS) is 14.4. The Labute approximate surface area is 328 Å². The largest absolute Gasteiger partial charge is 0.228 e. The molecule has 0 radical (unpaired) electrons. The van der Waals surface area contributed by atoms with Crippen molar-refractivity contribution in [1.82, 2.24) is 9.97 Å². The number of aromatic nitrogens is 2. The van der Waals surface area contributed by atoms with Gasteiger partial charge in [0.05, 0.1) is 11.4 Å². The van der Waals surface area contributed by atoms with Gasteiger partial charge in [-0.1, -0.05) is 161 Å². The lowest BCUT2D eigenvalue weighted by Gasteiger charge is -2.24. The van der Waals surface area contributed by atoms with Gasteiger partial charge in [0, 0.05) is 27.5 Å². The van der Waals surface area contributed by atoms with Gasteiger partial charge in [0.1, 0.15) is 0 Å². The third kappa shape index (κ3) is 4.88. The standard InChI is InChI=1S/C54H40N2/c1-53(2)46-22-10-9-20-41(46)44-30-49-45(31-48(44)53)42-26-25-39(29-47(42)54(49,3)4)52-55-50(32-51(56-52)43-21-12-16-34-14-7-8-19-40(34)43)38-18-11-17-36(28-38)37-24-23-33-13-5-6-15-35(33)27-37/h5-32H,1-4H3. The summed E-state index contributed by atoms with van der Waals surface area (Å²) in [6, 6.07) is 62.0. The number of nitrogens with zero attached hydrogens (tertiary/aromatic N) is 2. The van der Waals surface area contributed by atoms with E-state index < -0.39 is 0 Å². The molecule has 0 fully saturated rings. The minimum Gasteiger partial charge on any atom is -0.228 e. The number of benzene rings is 8. The summed E-state index contributed by atoms with van der Waals surface area (Å²) in [6.07, 6.45) is 0. The summed E-state index contributed by atoms with van der Waals surface area (Å²) in [5, 5.41) is 4.85. The molecule has 0 saturated carbocycles. The molecule has 9 aromatic rings. The lowest BCUT2D eigenvalue weighted by molar-refractivity contribution is 0.652. The number of hydrogen-bond donors (Lipinski definition) is 0. The third-order valence-electron chi connectivity index (χ3n) is 12.7. The second-order valence-corrected chi connectivity index (χ2v) is 16.6. The maximum absolute atomic E-state index is 5.37.